The Balaban J connectivity index is 2.05. The summed E-state index contributed by atoms with van der Waals surface area (Å²) in [6.07, 6.45) is 1.56. The molecule has 0 aliphatic rings. The van der Waals surface area contributed by atoms with Gasteiger partial charge in [-0.2, -0.15) is 0 Å². The van der Waals surface area contributed by atoms with Crippen molar-refractivity contribution in [3.05, 3.63) is 17.5 Å². The van der Waals surface area contributed by atoms with E-state index in [4.69, 9.17) is 24.1 Å². The number of aromatic nitrogens is 2. The van der Waals surface area contributed by atoms with Crippen LogP contribution < -0.4 is 4.74 Å². The number of ether oxygens (including phenoxy) is 4. The molecule has 1 N–H and O–H groups in total. The summed E-state index contributed by atoms with van der Waals surface area (Å²) in [7, 11) is 1.63. The summed E-state index contributed by atoms with van der Waals surface area (Å²) in [5.41, 5.74) is 1.41. The molecule has 0 radical (unpaired) electrons. The van der Waals surface area contributed by atoms with Gasteiger partial charge in [0.05, 0.1) is 45.3 Å². The maximum Gasteiger partial charge on any atom is 0.316 e. The quantitative estimate of drug-likeness (QED) is 0.587. The Kier molecular flexibility index (Phi) is 8.81. The summed E-state index contributed by atoms with van der Waals surface area (Å²) in [6, 6.07) is 0.291. The minimum Gasteiger partial charge on any atom is -0.461 e. The predicted molar refractivity (Wildman–Crippen MR) is 71.7 cm³/mol. The van der Waals surface area contributed by atoms with Gasteiger partial charge in [0, 0.05) is 18.9 Å². The molecule has 1 aromatic rings. The number of methoxy groups -OCH3 is 1. The van der Waals surface area contributed by atoms with Crippen molar-refractivity contribution in [2.75, 3.05) is 46.8 Å². The zero-order valence-electron chi connectivity index (χ0n) is 12.0. The van der Waals surface area contributed by atoms with Gasteiger partial charge in [-0.15, -0.1) is 0 Å². The van der Waals surface area contributed by atoms with Crippen molar-refractivity contribution in [2.24, 2.45) is 0 Å². The van der Waals surface area contributed by atoms with Crippen LogP contribution in [0.4, 0.5) is 0 Å². The summed E-state index contributed by atoms with van der Waals surface area (Å²) < 4.78 is 20.8. The highest BCUT2D eigenvalue weighted by Gasteiger charge is 2.03. The highest BCUT2D eigenvalue weighted by Crippen LogP contribution is 2.08. The summed E-state index contributed by atoms with van der Waals surface area (Å²) in [5, 5.41) is 9.00. The third-order valence-electron chi connectivity index (χ3n) is 2.49. The van der Waals surface area contributed by atoms with Crippen LogP contribution in [0, 0.1) is 6.92 Å². The molecule has 1 rings (SSSR count). The smallest absolute Gasteiger partial charge is 0.316 e. The lowest BCUT2D eigenvalue weighted by molar-refractivity contribution is 0.0173. The Hall–Kier alpha value is -1.28. The molecule has 0 fully saturated rings. The molecule has 0 aliphatic heterocycles. The van der Waals surface area contributed by atoms with E-state index >= 15 is 0 Å². The van der Waals surface area contributed by atoms with E-state index in [0.29, 0.717) is 56.9 Å². The first-order valence-electron chi connectivity index (χ1n) is 6.48. The van der Waals surface area contributed by atoms with Crippen molar-refractivity contribution in [2.45, 2.75) is 13.5 Å². The van der Waals surface area contributed by atoms with Gasteiger partial charge in [-0.05, 0) is 6.92 Å². The molecule has 0 spiro atoms. The second kappa shape index (κ2) is 10.5. The monoisotopic (exact) mass is 286 g/mol. The van der Waals surface area contributed by atoms with E-state index < -0.39 is 0 Å². The van der Waals surface area contributed by atoms with Crippen molar-refractivity contribution < 1.29 is 24.1 Å². The number of hydrogen-bond acceptors (Lipinski definition) is 7. The number of nitrogens with zero attached hydrogens (tertiary/aromatic N) is 2. The van der Waals surface area contributed by atoms with Crippen molar-refractivity contribution in [3.8, 4) is 6.01 Å². The molecule has 0 bridgehead atoms. The fraction of sp³-hybridized carbons (Fsp3) is 0.692. The fourth-order valence-corrected chi connectivity index (χ4v) is 1.35. The molecule has 1 aromatic heterocycles. The topological polar surface area (TPSA) is 82.9 Å². The summed E-state index contributed by atoms with van der Waals surface area (Å²) in [5.74, 6) is 0. The van der Waals surface area contributed by atoms with Gasteiger partial charge in [0.1, 0.15) is 6.61 Å². The Labute approximate surface area is 118 Å². The van der Waals surface area contributed by atoms with Gasteiger partial charge in [-0.3, -0.25) is 0 Å². The maximum absolute atomic E-state index is 9.00. The highest BCUT2D eigenvalue weighted by atomic mass is 16.6. The first kappa shape index (κ1) is 16.8. The van der Waals surface area contributed by atoms with Crippen LogP contribution in [0.25, 0.3) is 0 Å². The maximum atomic E-state index is 9.00. The molecule has 0 atom stereocenters. The Bertz CT molecular complexity index is 376. The van der Waals surface area contributed by atoms with Crippen molar-refractivity contribution in [1.82, 2.24) is 9.97 Å². The van der Waals surface area contributed by atoms with Crippen molar-refractivity contribution in [3.63, 3.8) is 0 Å². The first-order valence-corrected chi connectivity index (χ1v) is 6.48. The average molecular weight is 286 g/mol. The van der Waals surface area contributed by atoms with Crippen molar-refractivity contribution >= 4 is 0 Å². The summed E-state index contributed by atoms with van der Waals surface area (Å²) >= 11 is 0. The molecule has 0 unspecified atom stereocenters. The molecule has 7 nitrogen and oxygen atoms in total. The Morgan fingerprint density at radius 2 is 1.70 bits per heavy atom. The van der Waals surface area contributed by atoms with Gasteiger partial charge in [0.15, 0.2) is 0 Å². The van der Waals surface area contributed by atoms with Crippen LogP contribution in [-0.2, 0) is 20.8 Å². The van der Waals surface area contributed by atoms with E-state index in [-0.39, 0.29) is 6.61 Å². The number of aryl methyl sites for hydroxylation is 1. The van der Waals surface area contributed by atoms with Gasteiger partial charge >= 0.3 is 6.01 Å². The van der Waals surface area contributed by atoms with Crippen LogP contribution in [0.5, 0.6) is 6.01 Å². The number of rotatable bonds is 11. The van der Waals surface area contributed by atoms with Gasteiger partial charge < -0.3 is 24.1 Å². The zero-order valence-corrected chi connectivity index (χ0v) is 12.0. The minimum absolute atomic E-state index is 0.0711. The fourth-order valence-electron chi connectivity index (χ4n) is 1.35. The third kappa shape index (κ3) is 6.76. The van der Waals surface area contributed by atoms with Gasteiger partial charge in [-0.25, -0.2) is 9.97 Å². The van der Waals surface area contributed by atoms with Crippen LogP contribution in [0.2, 0.25) is 0 Å². The normalized spacial score (nSPS) is 10.8. The molecule has 0 aromatic carbocycles. The van der Waals surface area contributed by atoms with Crippen LogP contribution >= 0.6 is 0 Å². The second-order valence-electron chi connectivity index (χ2n) is 3.99. The molecule has 114 valence electrons. The molecule has 0 saturated heterocycles. The SMILES string of the molecule is COCCOCCOCCOc1ncc(CO)c(C)n1. The van der Waals surface area contributed by atoms with Crippen LogP contribution in [0.3, 0.4) is 0 Å². The Morgan fingerprint density at radius 3 is 2.30 bits per heavy atom. The zero-order chi connectivity index (χ0) is 14.6. The van der Waals surface area contributed by atoms with Gasteiger partial charge in [0.25, 0.3) is 0 Å². The van der Waals surface area contributed by atoms with E-state index in [1.54, 1.807) is 20.2 Å². The van der Waals surface area contributed by atoms with E-state index in [2.05, 4.69) is 9.97 Å². The Morgan fingerprint density at radius 1 is 1.05 bits per heavy atom. The highest BCUT2D eigenvalue weighted by molar-refractivity contribution is 5.16. The molecular formula is C13H22N2O5. The molecule has 7 heteroatoms. The standard InChI is InChI=1S/C13H22N2O5/c1-11-12(10-16)9-14-13(15-11)20-8-7-19-6-5-18-4-3-17-2/h9,16H,3-8,10H2,1-2H3. The predicted octanol–water partition coefficient (Wildman–Crippen LogP) is 0.336. The van der Waals surface area contributed by atoms with E-state index in [1.165, 1.54) is 0 Å². The van der Waals surface area contributed by atoms with Crippen LogP contribution in [-0.4, -0.2) is 61.8 Å². The summed E-state index contributed by atoms with van der Waals surface area (Å²) in [4.78, 5) is 8.11. The van der Waals surface area contributed by atoms with E-state index in [0.717, 1.165) is 0 Å². The van der Waals surface area contributed by atoms with Crippen LogP contribution in [0.1, 0.15) is 11.3 Å². The molecule has 0 amide bonds. The van der Waals surface area contributed by atoms with E-state index in [1.807, 2.05) is 0 Å². The first-order chi connectivity index (χ1) is 9.77. The van der Waals surface area contributed by atoms with E-state index in [9.17, 15) is 0 Å². The average Bonchev–Trinajstić information content (AvgIpc) is 2.46. The molecule has 0 aliphatic carbocycles. The lowest BCUT2D eigenvalue weighted by Gasteiger charge is -2.08. The molecule has 0 saturated carbocycles. The van der Waals surface area contributed by atoms with Crippen LogP contribution in [0.15, 0.2) is 6.20 Å². The minimum atomic E-state index is -0.0711. The largest absolute Gasteiger partial charge is 0.461 e. The number of aliphatic hydroxyl groups excluding tert-OH is 1. The van der Waals surface area contributed by atoms with Crippen molar-refractivity contribution in [1.29, 1.82) is 0 Å². The number of aliphatic hydroxyl groups is 1. The molecular weight excluding hydrogens is 264 g/mol. The number of hydrogen-bond donors (Lipinski definition) is 1. The van der Waals surface area contributed by atoms with Gasteiger partial charge in [0.2, 0.25) is 0 Å². The lowest BCUT2D eigenvalue weighted by atomic mass is 10.3. The molecule has 1 heterocycles. The second-order valence-corrected chi connectivity index (χ2v) is 3.99. The van der Waals surface area contributed by atoms with Gasteiger partial charge in [-0.1, -0.05) is 0 Å². The lowest BCUT2D eigenvalue weighted by Crippen LogP contribution is -2.13. The molecule has 20 heavy (non-hydrogen) atoms. The summed E-state index contributed by atoms with van der Waals surface area (Å²) in [6.45, 7) is 4.74. The third-order valence-corrected chi connectivity index (χ3v) is 2.49.